The number of carbonyl (C=O) groups is 2. The van der Waals surface area contributed by atoms with E-state index < -0.39 is 17.7 Å². The van der Waals surface area contributed by atoms with Crippen LogP contribution in [0.3, 0.4) is 0 Å². The van der Waals surface area contributed by atoms with Gasteiger partial charge in [0.25, 0.3) is 11.7 Å². The number of nitrogens with zero attached hydrogens (tertiary/aromatic N) is 2. The van der Waals surface area contributed by atoms with Crippen LogP contribution in [-0.2, 0) is 9.59 Å². The third-order valence-corrected chi connectivity index (χ3v) is 5.32. The molecule has 2 heterocycles. The zero-order valence-electron chi connectivity index (χ0n) is 18.6. The molecule has 33 heavy (non-hydrogen) atoms. The number of ether oxygens (including phenoxy) is 2. The molecular weight excluding hydrogens is 420 g/mol. The van der Waals surface area contributed by atoms with Crippen LogP contribution in [0.5, 0.6) is 11.5 Å². The van der Waals surface area contributed by atoms with Crippen LogP contribution in [0.4, 0.5) is 5.69 Å². The lowest BCUT2D eigenvalue weighted by molar-refractivity contribution is -0.132. The Hall–Kier alpha value is -4.13. The minimum atomic E-state index is -0.883. The van der Waals surface area contributed by atoms with E-state index in [0.717, 1.165) is 0 Å². The molecule has 3 aromatic rings. The fourth-order valence-electron chi connectivity index (χ4n) is 3.91. The molecule has 0 aliphatic carbocycles. The molecule has 1 N–H and O–H groups in total. The Morgan fingerprint density at radius 2 is 1.67 bits per heavy atom. The molecule has 168 valence electrons. The normalized spacial score (nSPS) is 17.5. The smallest absolute Gasteiger partial charge is 0.300 e. The number of ketones is 1. The van der Waals surface area contributed by atoms with E-state index in [2.05, 4.69) is 4.98 Å². The molecular formula is C26H24N2O5. The van der Waals surface area contributed by atoms with Gasteiger partial charge in [-0.15, -0.1) is 0 Å². The topological polar surface area (TPSA) is 89.0 Å². The van der Waals surface area contributed by atoms with Crippen molar-refractivity contribution in [1.29, 1.82) is 0 Å². The molecule has 0 spiro atoms. The lowest BCUT2D eigenvalue weighted by atomic mass is 9.94. The number of aromatic nitrogens is 1. The number of methoxy groups -OCH3 is 1. The Morgan fingerprint density at radius 3 is 2.30 bits per heavy atom. The van der Waals surface area contributed by atoms with E-state index >= 15 is 0 Å². The molecule has 1 unspecified atom stereocenters. The molecule has 1 amide bonds. The van der Waals surface area contributed by atoms with Gasteiger partial charge in [-0.2, -0.15) is 0 Å². The molecule has 0 radical (unpaired) electrons. The van der Waals surface area contributed by atoms with E-state index in [1.807, 2.05) is 13.8 Å². The molecule has 1 aliphatic heterocycles. The Labute approximate surface area is 191 Å². The van der Waals surface area contributed by atoms with Crippen molar-refractivity contribution in [2.45, 2.75) is 26.0 Å². The Bertz CT molecular complexity index is 1200. The molecule has 1 saturated heterocycles. The van der Waals surface area contributed by atoms with E-state index in [0.29, 0.717) is 28.3 Å². The minimum Gasteiger partial charge on any atom is -0.507 e. The van der Waals surface area contributed by atoms with E-state index in [4.69, 9.17) is 9.47 Å². The van der Waals surface area contributed by atoms with Crippen LogP contribution in [0.15, 0.2) is 78.6 Å². The number of hydrogen-bond acceptors (Lipinski definition) is 6. The largest absolute Gasteiger partial charge is 0.507 e. The van der Waals surface area contributed by atoms with Crippen LogP contribution >= 0.6 is 0 Å². The number of hydrogen-bond donors (Lipinski definition) is 1. The summed E-state index contributed by atoms with van der Waals surface area (Å²) in [6.45, 7) is 3.85. The van der Waals surface area contributed by atoms with E-state index in [1.165, 1.54) is 24.4 Å². The summed E-state index contributed by atoms with van der Waals surface area (Å²) >= 11 is 0. The van der Waals surface area contributed by atoms with Crippen molar-refractivity contribution in [3.05, 3.63) is 89.8 Å². The van der Waals surface area contributed by atoms with Crippen LogP contribution in [0.2, 0.25) is 0 Å². The molecule has 2 aromatic carbocycles. The Balaban J connectivity index is 1.90. The van der Waals surface area contributed by atoms with Crippen LogP contribution < -0.4 is 14.4 Å². The number of benzene rings is 2. The van der Waals surface area contributed by atoms with Gasteiger partial charge in [0.15, 0.2) is 0 Å². The molecule has 0 bridgehead atoms. The van der Waals surface area contributed by atoms with Gasteiger partial charge in [-0.3, -0.25) is 19.5 Å². The van der Waals surface area contributed by atoms with Gasteiger partial charge in [0.1, 0.15) is 17.3 Å². The minimum absolute atomic E-state index is 0.000907. The molecule has 1 fully saturated rings. The summed E-state index contributed by atoms with van der Waals surface area (Å²) in [5.74, 6) is -0.638. The summed E-state index contributed by atoms with van der Waals surface area (Å²) < 4.78 is 11.2. The summed E-state index contributed by atoms with van der Waals surface area (Å²) in [5.41, 5.74) is 1.46. The predicted octanol–water partition coefficient (Wildman–Crippen LogP) is 4.50. The van der Waals surface area contributed by atoms with Crippen molar-refractivity contribution >= 4 is 23.1 Å². The van der Waals surface area contributed by atoms with Crippen molar-refractivity contribution in [3.63, 3.8) is 0 Å². The van der Waals surface area contributed by atoms with Gasteiger partial charge in [-0.05, 0) is 56.3 Å². The quantitative estimate of drug-likeness (QED) is 0.342. The molecule has 1 atom stereocenters. The zero-order valence-corrected chi connectivity index (χ0v) is 18.6. The number of anilines is 1. The van der Waals surface area contributed by atoms with Crippen molar-refractivity contribution in [2.75, 3.05) is 12.0 Å². The summed E-state index contributed by atoms with van der Waals surface area (Å²) in [4.78, 5) is 31.8. The van der Waals surface area contributed by atoms with Crippen molar-refractivity contribution in [1.82, 2.24) is 4.98 Å². The second-order valence-corrected chi connectivity index (χ2v) is 7.81. The summed E-state index contributed by atoms with van der Waals surface area (Å²) in [5, 5.41) is 11.1. The fraction of sp³-hybridized carbons (Fsp3) is 0.192. The van der Waals surface area contributed by atoms with Gasteiger partial charge < -0.3 is 14.6 Å². The van der Waals surface area contributed by atoms with Crippen LogP contribution in [-0.4, -0.2) is 35.0 Å². The maximum Gasteiger partial charge on any atom is 0.300 e. The third kappa shape index (κ3) is 4.17. The van der Waals surface area contributed by atoms with E-state index in [9.17, 15) is 14.7 Å². The Kier molecular flexibility index (Phi) is 6.13. The first-order chi connectivity index (χ1) is 15.9. The first-order valence-corrected chi connectivity index (χ1v) is 10.5. The lowest BCUT2D eigenvalue weighted by Crippen LogP contribution is -2.29. The molecule has 7 heteroatoms. The number of aliphatic hydroxyl groups is 1. The highest BCUT2D eigenvalue weighted by atomic mass is 16.5. The first-order valence-electron chi connectivity index (χ1n) is 10.5. The average molecular weight is 444 g/mol. The second-order valence-electron chi connectivity index (χ2n) is 7.81. The SMILES string of the molecule is COc1ccccc1C1/C(=C(/O)c2ccncc2)C(=O)C(=O)N1c1ccc(OC(C)C)cc1. The molecule has 1 aromatic heterocycles. The zero-order chi connectivity index (χ0) is 23.5. The molecule has 1 aliphatic rings. The number of para-hydroxylation sites is 1. The van der Waals surface area contributed by atoms with Crippen molar-refractivity contribution in [3.8, 4) is 11.5 Å². The third-order valence-electron chi connectivity index (χ3n) is 5.32. The predicted molar refractivity (Wildman–Crippen MR) is 124 cm³/mol. The van der Waals surface area contributed by atoms with E-state index in [-0.39, 0.29) is 17.4 Å². The summed E-state index contributed by atoms with van der Waals surface area (Å²) in [7, 11) is 1.52. The monoisotopic (exact) mass is 444 g/mol. The van der Waals surface area contributed by atoms with Crippen molar-refractivity contribution < 1.29 is 24.2 Å². The maximum absolute atomic E-state index is 13.2. The molecule has 7 nitrogen and oxygen atoms in total. The highest BCUT2D eigenvalue weighted by molar-refractivity contribution is 6.51. The van der Waals surface area contributed by atoms with Crippen LogP contribution in [0.25, 0.3) is 5.76 Å². The van der Waals surface area contributed by atoms with Gasteiger partial charge in [0.2, 0.25) is 0 Å². The highest BCUT2D eigenvalue weighted by Crippen LogP contribution is 2.45. The Morgan fingerprint density at radius 1 is 1.00 bits per heavy atom. The number of aliphatic hydroxyl groups excluding tert-OH is 1. The number of rotatable bonds is 6. The number of pyridine rings is 1. The van der Waals surface area contributed by atoms with Gasteiger partial charge >= 0.3 is 0 Å². The second kappa shape index (κ2) is 9.16. The molecule has 0 saturated carbocycles. The van der Waals surface area contributed by atoms with Gasteiger partial charge in [-0.25, -0.2) is 0 Å². The average Bonchev–Trinajstić information content (AvgIpc) is 3.09. The number of amides is 1. The van der Waals surface area contributed by atoms with Crippen LogP contribution in [0.1, 0.15) is 31.0 Å². The van der Waals surface area contributed by atoms with Gasteiger partial charge in [0.05, 0.1) is 24.8 Å². The standard InChI is InChI=1S/C26H24N2O5/c1-16(2)33-19-10-8-18(9-11-19)28-23(20-6-4-5-7-21(20)32-3)22(25(30)26(28)31)24(29)17-12-14-27-15-13-17/h4-16,23,29H,1-3H3/b24-22-. The highest BCUT2D eigenvalue weighted by Gasteiger charge is 2.47. The maximum atomic E-state index is 13.2. The summed E-state index contributed by atoms with van der Waals surface area (Å²) in [6.07, 6.45) is 3.02. The number of Topliss-reactive ketones (excluding diaryl/α,β-unsaturated/α-hetero) is 1. The van der Waals surface area contributed by atoms with Gasteiger partial charge in [-0.1, -0.05) is 18.2 Å². The van der Waals surface area contributed by atoms with Crippen molar-refractivity contribution in [2.24, 2.45) is 0 Å². The lowest BCUT2D eigenvalue weighted by Gasteiger charge is -2.27. The first kappa shape index (κ1) is 22.1. The van der Waals surface area contributed by atoms with E-state index in [1.54, 1.807) is 60.7 Å². The van der Waals surface area contributed by atoms with Crippen LogP contribution in [0, 0.1) is 0 Å². The fourth-order valence-corrected chi connectivity index (χ4v) is 3.91. The summed E-state index contributed by atoms with van der Waals surface area (Å²) in [6, 6.07) is 16.3. The van der Waals surface area contributed by atoms with Gasteiger partial charge in [0, 0.05) is 29.2 Å². The number of carbonyl (C=O) groups excluding carboxylic acids is 2. The molecule has 4 rings (SSSR count).